The number of rotatable bonds is 4. The standard InChI is InChI=1S/C16H12O4S/c17-12-3-1-2-4-15(12)21-9-10-5-6-13-11(7-10)8-14(20-13)16(18)19/h1-8,17H,9H2,(H,18,19). The molecule has 3 rings (SSSR count). The Balaban J connectivity index is 1.81. The molecule has 0 atom stereocenters. The van der Waals surface area contributed by atoms with Gasteiger partial charge in [-0.3, -0.25) is 0 Å². The monoisotopic (exact) mass is 300 g/mol. The van der Waals surface area contributed by atoms with Crippen LogP contribution in [0.3, 0.4) is 0 Å². The Bertz CT molecular complexity index is 807. The number of carboxylic acid groups (broad SMARTS) is 1. The summed E-state index contributed by atoms with van der Waals surface area (Å²) in [6.45, 7) is 0. The maximum Gasteiger partial charge on any atom is 0.371 e. The summed E-state index contributed by atoms with van der Waals surface area (Å²) in [5, 5.41) is 19.4. The van der Waals surface area contributed by atoms with Crippen molar-refractivity contribution in [3.05, 3.63) is 59.9 Å². The Morgan fingerprint density at radius 1 is 1.14 bits per heavy atom. The minimum Gasteiger partial charge on any atom is -0.507 e. The maximum absolute atomic E-state index is 10.9. The van der Waals surface area contributed by atoms with Gasteiger partial charge in [0.15, 0.2) is 0 Å². The number of phenolic OH excluding ortho intramolecular Hbond substituents is 1. The number of hydrogen-bond donors (Lipinski definition) is 2. The smallest absolute Gasteiger partial charge is 0.371 e. The minimum absolute atomic E-state index is 0.0597. The van der Waals surface area contributed by atoms with Gasteiger partial charge >= 0.3 is 5.97 Å². The molecule has 0 aliphatic heterocycles. The second-order valence-electron chi connectivity index (χ2n) is 4.54. The average molecular weight is 300 g/mol. The van der Waals surface area contributed by atoms with Gasteiger partial charge in [0.1, 0.15) is 11.3 Å². The summed E-state index contributed by atoms with van der Waals surface area (Å²) in [5.74, 6) is -0.187. The van der Waals surface area contributed by atoms with Gasteiger partial charge in [-0.1, -0.05) is 18.2 Å². The van der Waals surface area contributed by atoms with Crippen molar-refractivity contribution in [2.24, 2.45) is 0 Å². The quantitative estimate of drug-likeness (QED) is 0.709. The molecular formula is C16H12O4S. The molecule has 0 unspecified atom stereocenters. The molecule has 0 aliphatic carbocycles. The van der Waals surface area contributed by atoms with Gasteiger partial charge in [-0.05, 0) is 35.9 Å². The zero-order chi connectivity index (χ0) is 14.8. The summed E-state index contributed by atoms with van der Waals surface area (Å²) in [7, 11) is 0. The van der Waals surface area contributed by atoms with Crippen molar-refractivity contribution in [3.63, 3.8) is 0 Å². The van der Waals surface area contributed by atoms with E-state index in [1.54, 1.807) is 18.2 Å². The van der Waals surface area contributed by atoms with Gasteiger partial charge < -0.3 is 14.6 Å². The lowest BCUT2D eigenvalue weighted by molar-refractivity contribution is 0.0665. The predicted molar refractivity (Wildman–Crippen MR) is 80.8 cm³/mol. The Kier molecular flexibility index (Phi) is 3.58. The number of hydrogen-bond acceptors (Lipinski definition) is 4. The molecule has 0 bridgehead atoms. The highest BCUT2D eigenvalue weighted by atomic mass is 32.2. The number of carbonyl (C=O) groups is 1. The zero-order valence-electron chi connectivity index (χ0n) is 10.9. The number of furan rings is 1. The van der Waals surface area contributed by atoms with Crippen LogP contribution >= 0.6 is 11.8 Å². The van der Waals surface area contributed by atoms with E-state index in [1.807, 2.05) is 24.3 Å². The average Bonchev–Trinajstić information content (AvgIpc) is 2.90. The van der Waals surface area contributed by atoms with Gasteiger partial charge in [0, 0.05) is 16.0 Å². The van der Waals surface area contributed by atoms with Gasteiger partial charge in [-0.15, -0.1) is 11.8 Å². The third-order valence-corrected chi connectivity index (χ3v) is 4.18. The first-order chi connectivity index (χ1) is 10.1. The third-order valence-electron chi connectivity index (χ3n) is 3.05. The number of aromatic hydroxyl groups is 1. The summed E-state index contributed by atoms with van der Waals surface area (Å²) in [6.07, 6.45) is 0. The van der Waals surface area contributed by atoms with E-state index in [2.05, 4.69) is 0 Å². The van der Waals surface area contributed by atoms with E-state index in [1.165, 1.54) is 17.8 Å². The maximum atomic E-state index is 10.9. The van der Waals surface area contributed by atoms with Gasteiger partial charge in [-0.2, -0.15) is 0 Å². The van der Waals surface area contributed by atoms with Crippen LogP contribution in [0, 0.1) is 0 Å². The molecule has 0 fully saturated rings. The molecular weight excluding hydrogens is 288 g/mol. The predicted octanol–water partition coefficient (Wildman–Crippen LogP) is 4.13. The van der Waals surface area contributed by atoms with Crippen LogP contribution in [0.15, 0.2) is 57.8 Å². The number of para-hydroxylation sites is 1. The fourth-order valence-electron chi connectivity index (χ4n) is 2.03. The zero-order valence-corrected chi connectivity index (χ0v) is 11.8. The van der Waals surface area contributed by atoms with Crippen molar-refractivity contribution in [2.75, 3.05) is 0 Å². The van der Waals surface area contributed by atoms with Crippen molar-refractivity contribution in [3.8, 4) is 5.75 Å². The molecule has 1 aromatic heterocycles. The number of carboxylic acids is 1. The van der Waals surface area contributed by atoms with Crippen molar-refractivity contribution >= 4 is 28.7 Å². The lowest BCUT2D eigenvalue weighted by Crippen LogP contribution is -1.91. The highest BCUT2D eigenvalue weighted by molar-refractivity contribution is 7.98. The van der Waals surface area contributed by atoms with Crippen LogP contribution in [-0.2, 0) is 5.75 Å². The van der Waals surface area contributed by atoms with Crippen molar-refractivity contribution in [1.29, 1.82) is 0 Å². The molecule has 0 spiro atoms. The molecule has 0 aliphatic rings. The molecule has 2 N–H and O–H groups in total. The first-order valence-electron chi connectivity index (χ1n) is 6.30. The van der Waals surface area contributed by atoms with Crippen LogP contribution in [0.1, 0.15) is 16.1 Å². The highest BCUT2D eigenvalue weighted by Gasteiger charge is 2.10. The normalized spacial score (nSPS) is 10.9. The van der Waals surface area contributed by atoms with Crippen LogP contribution in [0.5, 0.6) is 5.75 Å². The minimum atomic E-state index is -1.07. The summed E-state index contributed by atoms with van der Waals surface area (Å²) < 4.78 is 5.22. The lowest BCUT2D eigenvalue weighted by atomic mass is 10.2. The van der Waals surface area contributed by atoms with E-state index >= 15 is 0 Å². The number of thioether (sulfide) groups is 1. The Hall–Kier alpha value is -2.40. The number of fused-ring (bicyclic) bond motifs is 1. The third kappa shape index (κ3) is 2.87. The van der Waals surface area contributed by atoms with Crippen molar-refractivity contribution < 1.29 is 19.4 Å². The molecule has 106 valence electrons. The first kappa shape index (κ1) is 13.6. The SMILES string of the molecule is O=C(O)c1cc2cc(CSc3ccccc3O)ccc2o1. The number of aromatic carboxylic acids is 1. The summed E-state index contributed by atoms with van der Waals surface area (Å²) in [6, 6.07) is 14.3. The Morgan fingerprint density at radius 3 is 2.71 bits per heavy atom. The number of phenols is 1. The molecule has 1 heterocycles. The molecule has 0 saturated carbocycles. The topological polar surface area (TPSA) is 70.7 Å². The van der Waals surface area contributed by atoms with Crippen LogP contribution in [-0.4, -0.2) is 16.2 Å². The van der Waals surface area contributed by atoms with Crippen LogP contribution < -0.4 is 0 Å². The van der Waals surface area contributed by atoms with E-state index in [-0.39, 0.29) is 11.5 Å². The molecule has 2 aromatic carbocycles. The number of benzene rings is 2. The second kappa shape index (κ2) is 5.54. The van der Waals surface area contributed by atoms with E-state index in [0.717, 1.165) is 15.8 Å². The Labute approximate surface area is 125 Å². The largest absolute Gasteiger partial charge is 0.507 e. The van der Waals surface area contributed by atoms with Crippen molar-refractivity contribution in [2.45, 2.75) is 10.6 Å². The molecule has 21 heavy (non-hydrogen) atoms. The second-order valence-corrected chi connectivity index (χ2v) is 5.56. The summed E-state index contributed by atoms with van der Waals surface area (Å²) in [4.78, 5) is 11.7. The fraction of sp³-hybridized carbons (Fsp3) is 0.0625. The summed E-state index contributed by atoms with van der Waals surface area (Å²) in [5.41, 5.74) is 1.59. The summed E-state index contributed by atoms with van der Waals surface area (Å²) >= 11 is 1.52. The van der Waals surface area contributed by atoms with E-state index in [4.69, 9.17) is 9.52 Å². The van der Waals surface area contributed by atoms with E-state index < -0.39 is 5.97 Å². The van der Waals surface area contributed by atoms with Gasteiger partial charge in [0.05, 0.1) is 0 Å². The molecule has 0 amide bonds. The molecule has 0 saturated heterocycles. The van der Waals surface area contributed by atoms with Gasteiger partial charge in [0.2, 0.25) is 5.76 Å². The van der Waals surface area contributed by atoms with Crippen molar-refractivity contribution in [1.82, 2.24) is 0 Å². The highest BCUT2D eigenvalue weighted by Crippen LogP contribution is 2.31. The van der Waals surface area contributed by atoms with Crippen LogP contribution in [0.2, 0.25) is 0 Å². The van der Waals surface area contributed by atoms with Gasteiger partial charge in [0.25, 0.3) is 0 Å². The molecule has 4 nitrogen and oxygen atoms in total. The molecule has 0 radical (unpaired) electrons. The first-order valence-corrected chi connectivity index (χ1v) is 7.28. The lowest BCUT2D eigenvalue weighted by Gasteiger charge is -2.04. The molecule has 5 heteroatoms. The Morgan fingerprint density at radius 2 is 1.95 bits per heavy atom. The fourth-order valence-corrected chi connectivity index (χ4v) is 2.92. The van der Waals surface area contributed by atoms with Crippen LogP contribution in [0.25, 0.3) is 11.0 Å². The van der Waals surface area contributed by atoms with E-state index in [9.17, 15) is 9.90 Å². The van der Waals surface area contributed by atoms with Crippen LogP contribution in [0.4, 0.5) is 0 Å². The molecule has 3 aromatic rings. The van der Waals surface area contributed by atoms with E-state index in [0.29, 0.717) is 11.3 Å². The van der Waals surface area contributed by atoms with Gasteiger partial charge in [-0.25, -0.2) is 4.79 Å².